The second kappa shape index (κ2) is 7.03. The number of nitrogen functional groups attached to an aromatic ring is 1. The van der Waals surface area contributed by atoms with Crippen LogP contribution in [0.2, 0.25) is 0 Å². The molecule has 2 aromatic heterocycles. The highest BCUT2D eigenvalue weighted by Crippen LogP contribution is 2.34. The van der Waals surface area contributed by atoms with Crippen LogP contribution < -0.4 is 11.1 Å². The van der Waals surface area contributed by atoms with Gasteiger partial charge in [-0.1, -0.05) is 0 Å². The van der Waals surface area contributed by atoms with Gasteiger partial charge in [0.25, 0.3) is 0 Å². The second-order valence-corrected chi connectivity index (χ2v) is 5.70. The Morgan fingerprint density at radius 2 is 2.17 bits per heavy atom. The zero-order valence-corrected chi connectivity index (χ0v) is 13.9. The highest BCUT2D eigenvalue weighted by Gasteiger charge is 2.34. The van der Waals surface area contributed by atoms with Gasteiger partial charge in [-0.2, -0.15) is 23.5 Å². The maximum Gasteiger partial charge on any atom is 0.417 e. The van der Waals surface area contributed by atoms with Crippen LogP contribution in [0.5, 0.6) is 0 Å². The molecule has 0 fully saturated rings. The lowest BCUT2D eigenvalue weighted by atomic mass is 10.1. The van der Waals surface area contributed by atoms with E-state index in [0.29, 0.717) is 30.6 Å². The van der Waals surface area contributed by atoms with E-state index in [1.807, 2.05) is 6.07 Å². The Morgan fingerprint density at radius 3 is 2.83 bits per heavy atom. The first-order valence-corrected chi connectivity index (χ1v) is 7.61. The summed E-state index contributed by atoms with van der Waals surface area (Å²) in [5.74, 6) is 0.328. The molecule has 0 saturated carbocycles. The van der Waals surface area contributed by atoms with Crippen LogP contribution in [-0.4, -0.2) is 21.7 Å². The van der Waals surface area contributed by atoms with Gasteiger partial charge in [0.2, 0.25) is 0 Å². The molecule has 0 amide bonds. The number of aromatic amines is 1. The number of pyridine rings is 1. The summed E-state index contributed by atoms with van der Waals surface area (Å²) in [5.41, 5.74) is 5.72. The number of rotatable bonds is 5. The van der Waals surface area contributed by atoms with Crippen LogP contribution in [0.4, 0.5) is 24.8 Å². The van der Waals surface area contributed by atoms with E-state index < -0.39 is 11.7 Å². The van der Waals surface area contributed by atoms with Gasteiger partial charge in [0.05, 0.1) is 14.8 Å². The monoisotopic (exact) mass is 436 g/mol. The first-order valence-electron chi connectivity index (χ1n) is 6.53. The number of nitrogens with two attached hydrogens (primary N) is 1. The average molecular weight is 436 g/mol. The molecule has 0 aromatic carbocycles. The van der Waals surface area contributed by atoms with Gasteiger partial charge in [0, 0.05) is 12.7 Å². The third-order valence-corrected chi connectivity index (χ3v) is 4.16. The van der Waals surface area contributed by atoms with Gasteiger partial charge >= 0.3 is 6.18 Å². The van der Waals surface area contributed by atoms with Crippen molar-refractivity contribution in [3.8, 4) is 6.07 Å². The number of nitrogens with one attached hydrogen (secondary N) is 2. The fourth-order valence-corrected chi connectivity index (χ4v) is 2.77. The molecule has 6 nitrogen and oxygen atoms in total. The molecule has 0 bridgehead atoms. The van der Waals surface area contributed by atoms with Crippen LogP contribution in [0.25, 0.3) is 0 Å². The predicted octanol–water partition coefficient (Wildman–Crippen LogP) is 2.93. The fourth-order valence-electron chi connectivity index (χ4n) is 1.96. The van der Waals surface area contributed by atoms with Crippen molar-refractivity contribution in [2.75, 3.05) is 17.6 Å². The largest absolute Gasteiger partial charge is 0.417 e. The molecule has 0 aliphatic heterocycles. The van der Waals surface area contributed by atoms with E-state index in [-0.39, 0.29) is 15.2 Å². The zero-order valence-electron chi connectivity index (χ0n) is 11.7. The fraction of sp³-hybridized carbons (Fsp3) is 0.308. The molecule has 0 radical (unpaired) electrons. The highest BCUT2D eigenvalue weighted by molar-refractivity contribution is 14.1. The number of hydrogen-bond acceptors (Lipinski definition) is 5. The van der Waals surface area contributed by atoms with Gasteiger partial charge in [-0.05, 0) is 41.5 Å². The highest BCUT2D eigenvalue weighted by atomic mass is 127. The molecule has 0 aliphatic carbocycles. The Bertz CT molecular complexity index is 734. The number of alkyl halides is 3. The van der Waals surface area contributed by atoms with Crippen LogP contribution in [0.1, 0.15) is 23.2 Å². The van der Waals surface area contributed by atoms with E-state index in [1.54, 1.807) is 22.6 Å². The Hall–Kier alpha value is -2.03. The van der Waals surface area contributed by atoms with Gasteiger partial charge < -0.3 is 11.1 Å². The van der Waals surface area contributed by atoms with Crippen LogP contribution in [0.3, 0.4) is 0 Å². The van der Waals surface area contributed by atoms with E-state index in [0.717, 1.165) is 12.3 Å². The minimum atomic E-state index is -4.41. The lowest BCUT2D eigenvalue weighted by Gasteiger charge is -2.13. The van der Waals surface area contributed by atoms with Gasteiger partial charge in [-0.25, -0.2) is 4.98 Å². The van der Waals surface area contributed by atoms with Crippen LogP contribution >= 0.6 is 22.6 Å². The quantitative estimate of drug-likeness (QED) is 0.494. The molecule has 122 valence electrons. The molecule has 10 heteroatoms. The summed E-state index contributed by atoms with van der Waals surface area (Å²) in [6, 6.07) is 2.90. The van der Waals surface area contributed by atoms with Gasteiger partial charge in [-0.3, -0.25) is 5.10 Å². The predicted molar refractivity (Wildman–Crippen MR) is 86.5 cm³/mol. The second-order valence-electron chi connectivity index (χ2n) is 4.62. The normalized spacial score (nSPS) is 11.3. The molecular formula is C13H12F3IN6. The van der Waals surface area contributed by atoms with Crippen molar-refractivity contribution >= 4 is 34.2 Å². The van der Waals surface area contributed by atoms with Crippen molar-refractivity contribution in [3.63, 3.8) is 0 Å². The van der Waals surface area contributed by atoms with Crippen LogP contribution in [0.15, 0.2) is 12.3 Å². The van der Waals surface area contributed by atoms with Gasteiger partial charge in [0.1, 0.15) is 17.5 Å². The molecule has 0 atom stereocenters. The maximum absolute atomic E-state index is 12.8. The lowest BCUT2D eigenvalue weighted by Crippen LogP contribution is -2.12. The maximum atomic E-state index is 12.8. The van der Waals surface area contributed by atoms with Crippen molar-refractivity contribution in [1.29, 1.82) is 5.26 Å². The molecule has 2 aromatic rings. The van der Waals surface area contributed by atoms with Gasteiger partial charge in [-0.15, -0.1) is 0 Å². The Kier molecular flexibility index (Phi) is 5.30. The summed E-state index contributed by atoms with van der Waals surface area (Å²) in [6.45, 7) is 0.397. The topological polar surface area (TPSA) is 103 Å². The smallest absolute Gasteiger partial charge is 0.381 e. The molecule has 0 spiro atoms. The molecule has 0 aliphatic rings. The molecular weight excluding hydrogens is 424 g/mol. The number of aryl methyl sites for hydroxylation is 1. The van der Waals surface area contributed by atoms with Crippen molar-refractivity contribution < 1.29 is 13.2 Å². The first kappa shape index (κ1) is 17.3. The minimum absolute atomic E-state index is 0.0288. The SMILES string of the molecule is N#Cc1c(N)n[nH]c1CCCNc1nccc(C(F)(F)F)c1I. The van der Waals surface area contributed by atoms with Crippen molar-refractivity contribution in [2.24, 2.45) is 0 Å². The number of hydrogen-bond donors (Lipinski definition) is 3. The average Bonchev–Trinajstić information content (AvgIpc) is 2.84. The summed E-state index contributed by atoms with van der Waals surface area (Å²) < 4.78 is 38.5. The number of nitrogens with zero attached hydrogens (tertiary/aromatic N) is 3. The standard InChI is InChI=1S/C13H12F3IN6/c14-13(15,16)8-3-5-21-12(10(8)17)20-4-1-2-9-7(6-18)11(19)23-22-9/h3,5H,1-2,4H2,(H,20,21)(H3,19,22,23). The zero-order chi connectivity index (χ0) is 17.0. The Labute approximate surface area is 143 Å². The van der Waals surface area contributed by atoms with E-state index >= 15 is 0 Å². The number of nitriles is 1. The summed E-state index contributed by atoms with van der Waals surface area (Å²) in [7, 11) is 0. The van der Waals surface area contributed by atoms with E-state index in [4.69, 9.17) is 11.0 Å². The number of anilines is 2. The minimum Gasteiger partial charge on any atom is -0.381 e. The summed E-state index contributed by atoms with van der Waals surface area (Å²) >= 11 is 1.62. The molecule has 0 unspecified atom stereocenters. The van der Waals surface area contributed by atoms with Crippen LogP contribution in [0, 0.1) is 14.9 Å². The molecule has 23 heavy (non-hydrogen) atoms. The van der Waals surface area contributed by atoms with Crippen molar-refractivity contribution in [3.05, 3.63) is 32.7 Å². The number of halogens is 4. The molecule has 2 heterocycles. The third-order valence-electron chi connectivity index (χ3n) is 3.07. The summed E-state index contributed by atoms with van der Waals surface area (Å²) in [5, 5.41) is 18.2. The van der Waals surface area contributed by atoms with E-state index in [1.165, 1.54) is 0 Å². The number of H-pyrrole nitrogens is 1. The third kappa shape index (κ3) is 4.04. The Balaban J connectivity index is 1.96. The van der Waals surface area contributed by atoms with Crippen molar-refractivity contribution in [1.82, 2.24) is 15.2 Å². The van der Waals surface area contributed by atoms with Gasteiger partial charge in [0.15, 0.2) is 5.82 Å². The molecule has 2 rings (SSSR count). The lowest BCUT2D eigenvalue weighted by molar-refractivity contribution is -0.138. The first-order chi connectivity index (χ1) is 10.8. The Morgan fingerprint density at radius 1 is 1.43 bits per heavy atom. The number of aromatic nitrogens is 3. The summed E-state index contributed by atoms with van der Waals surface area (Å²) in [6.07, 6.45) is -2.22. The van der Waals surface area contributed by atoms with E-state index in [2.05, 4.69) is 20.5 Å². The van der Waals surface area contributed by atoms with Crippen LogP contribution in [-0.2, 0) is 12.6 Å². The summed E-state index contributed by atoms with van der Waals surface area (Å²) in [4.78, 5) is 3.92. The molecule has 4 N–H and O–H groups in total. The van der Waals surface area contributed by atoms with E-state index in [9.17, 15) is 13.2 Å². The molecule has 0 saturated heterocycles. The van der Waals surface area contributed by atoms with Crippen molar-refractivity contribution in [2.45, 2.75) is 19.0 Å².